The van der Waals surface area contributed by atoms with Crippen molar-refractivity contribution >= 4 is 11.6 Å². The van der Waals surface area contributed by atoms with Crippen molar-refractivity contribution < 1.29 is 13.9 Å². The molecule has 0 saturated carbocycles. The van der Waals surface area contributed by atoms with Crippen molar-refractivity contribution in [1.29, 1.82) is 0 Å². The van der Waals surface area contributed by atoms with Crippen LogP contribution < -0.4 is 14.8 Å². The van der Waals surface area contributed by atoms with Crippen molar-refractivity contribution in [3.05, 3.63) is 58.4 Å². The first-order valence-electron chi connectivity index (χ1n) is 6.52. The van der Waals surface area contributed by atoms with E-state index in [1.54, 1.807) is 19.2 Å². The van der Waals surface area contributed by atoms with Gasteiger partial charge in [-0.05, 0) is 30.8 Å². The quantitative estimate of drug-likeness (QED) is 0.880. The molecule has 5 heteroatoms. The number of halogens is 2. The highest BCUT2D eigenvalue weighted by atomic mass is 35.5. The van der Waals surface area contributed by atoms with Gasteiger partial charge in [-0.2, -0.15) is 0 Å². The summed E-state index contributed by atoms with van der Waals surface area (Å²) in [5.41, 5.74) is 1.64. The summed E-state index contributed by atoms with van der Waals surface area (Å²) in [5.74, 6) is 0.888. The molecule has 0 aromatic heterocycles. The van der Waals surface area contributed by atoms with Crippen molar-refractivity contribution in [2.45, 2.75) is 13.2 Å². The zero-order valence-corrected chi connectivity index (χ0v) is 12.7. The molecule has 0 atom stereocenters. The summed E-state index contributed by atoms with van der Waals surface area (Å²) in [6, 6.07) is 9.83. The van der Waals surface area contributed by atoms with Gasteiger partial charge in [0, 0.05) is 23.2 Å². The fourth-order valence-corrected chi connectivity index (χ4v) is 2.27. The average Bonchev–Trinajstić information content (AvgIpc) is 2.46. The van der Waals surface area contributed by atoms with Crippen LogP contribution in [0.2, 0.25) is 5.02 Å². The summed E-state index contributed by atoms with van der Waals surface area (Å²) in [4.78, 5) is 0. The standard InChI is InChI=1S/C16H17ClFNO2/c1-19-9-12-7-13(17)8-15(20-2)16(12)21-10-11-4-3-5-14(18)6-11/h3-8,19H,9-10H2,1-2H3. The monoisotopic (exact) mass is 309 g/mol. The molecule has 21 heavy (non-hydrogen) atoms. The topological polar surface area (TPSA) is 30.5 Å². The second-order valence-corrected chi connectivity index (χ2v) is 4.98. The molecule has 0 unspecified atom stereocenters. The van der Waals surface area contributed by atoms with E-state index in [4.69, 9.17) is 21.1 Å². The van der Waals surface area contributed by atoms with Crippen molar-refractivity contribution in [1.82, 2.24) is 5.32 Å². The second-order valence-electron chi connectivity index (χ2n) is 4.55. The number of hydrogen-bond donors (Lipinski definition) is 1. The van der Waals surface area contributed by atoms with Gasteiger partial charge in [0.2, 0.25) is 0 Å². The predicted molar refractivity (Wildman–Crippen MR) is 81.5 cm³/mol. The van der Waals surface area contributed by atoms with Gasteiger partial charge >= 0.3 is 0 Å². The Morgan fingerprint density at radius 1 is 1.24 bits per heavy atom. The third-order valence-electron chi connectivity index (χ3n) is 2.96. The lowest BCUT2D eigenvalue weighted by Gasteiger charge is -2.16. The normalized spacial score (nSPS) is 10.5. The molecule has 0 radical (unpaired) electrons. The maximum Gasteiger partial charge on any atom is 0.166 e. The van der Waals surface area contributed by atoms with Crippen molar-refractivity contribution in [2.75, 3.05) is 14.2 Å². The van der Waals surface area contributed by atoms with E-state index in [0.717, 1.165) is 11.1 Å². The van der Waals surface area contributed by atoms with E-state index < -0.39 is 0 Å². The first-order valence-corrected chi connectivity index (χ1v) is 6.90. The van der Waals surface area contributed by atoms with Gasteiger partial charge in [-0.1, -0.05) is 23.7 Å². The first-order chi connectivity index (χ1) is 10.1. The van der Waals surface area contributed by atoms with Crippen LogP contribution in [0.25, 0.3) is 0 Å². The van der Waals surface area contributed by atoms with E-state index in [1.165, 1.54) is 12.1 Å². The minimum Gasteiger partial charge on any atom is -0.493 e. The van der Waals surface area contributed by atoms with Gasteiger partial charge in [-0.15, -0.1) is 0 Å². The highest BCUT2D eigenvalue weighted by Crippen LogP contribution is 2.35. The highest BCUT2D eigenvalue weighted by Gasteiger charge is 2.13. The fraction of sp³-hybridized carbons (Fsp3) is 0.250. The molecule has 0 heterocycles. The molecule has 112 valence electrons. The van der Waals surface area contributed by atoms with E-state index in [0.29, 0.717) is 23.1 Å². The van der Waals surface area contributed by atoms with Crippen LogP contribution in [0.15, 0.2) is 36.4 Å². The molecule has 0 aliphatic heterocycles. The Morgan fingerprint density at radius 3 is 2.71 bits per heavy atom. The van der Waals surface area contributed by atoms with Crippen molar-refractivity contribution in [3.63, 3.8) is 0 Å². The van der Waals surface area contributed by atoms with Gasteiger partial charge in [0.25, 0.3) is 0 Å². The van der Waals surface area contributed by atoms with Crippen LogP contribution in [-0.2, 0) is 13.2 Å². The van der Waals surface area contributed by atoms with Gasteiger partial charge in [-0.3, -0.25) is 0 Å². The number of rotatable bonds is 6. The molecule has 2 aromatic rings. The van der Waals surface area contributed by atoms with Gasteiger partial charge in [0.05, 0.1) is 7.11 Å². The van der Waals surface area contributed by atoms with Gasteiger partial charge in [0.1, 0.15) is 12.4 Å². The Morgan fingerprint density at radius 2 is 2.05 bits per heavy atom. The minimum atomic E-state index is -0.283. The maximum absolute atomic E-state index is 13.2. The number of hydrogen-bond acceptors (Lipinski definition) is 3. The van der Waals surface area contributed by atoms with Crippen molar-refractivity contribution in [3.8, 4) is 11.5 Å². The highest BCUT2D eigenvalue weighted by molar-refractivity contribution is 6.30. The Balaban J connectivity index is 2.25. The van der Waals surface area contributed by atoms with Crippen LogP contribution in [0, 0.1) is 5.82 Å². The van der Waals surface area contributed by atoms with Gasteiger partial charge in [0.15, 0.2) is 11.5 Å². The molecule has 0 spiro atoms. The Hall–Kier alpha value is -1.78. The molecule has 0 bridgehead atoms. The van der Waals surface area contributed by atoms with Gasteiger partial charge < -0.3 is 14.8 Å². The molecule has 3 nitrogen and oxygen atoms in total. The van der Waals surface area contributed by atoms with E-state index in [-0.39, 0.29) is 12.4 Å². The molecule has 2 aromatic carbocycles. The van der Waals surface area contributed by atoms with E-state index in [1.807, 2.05) is 19.2 Å². The molecule has 0 aliphatic rings. The van der Waals surface area contributed by atoms with E-state index in [2.05, 4.69) is 5.32 Å². The van der Waals surface area contributed by atoms with Crippen molar-refractivity contribution in [2.24, 2.45) is 0 Å². The summed E-state index contributed by atoms with van der Waals surface area (Å²) >= 11 is 6.06. The smallest absolute Gasteiger partial charge is 0.166 e. The second kappa shape index (κ2) is 7.29. The SMILES string of the molecule is CNCc1cc(Cl)cc(OC)c1OCc1cccc(F)c1. The molecule has 0 fully saturated rings. The zero-order chi connectivity index (χ0) is 15.2. The van der Waals surface area contributed by atoms with E-state index in [9.17, 15) is 4.39 Å². The van der Waals surface area contributed by atoms with Crippen LogP contribution in [-0.4, -0.2) is 14.2 Å². The third kappa shape index (κ3) is 4.09. The molecule has 0 amide bonds. The fourth-order valence-electron chi connectivity index (χ4n) is 2.04. The summed E-state index contributed by atoms with van der Waals surface area (Å²) < 4.78 is 24.3. The summed E-state index contributed by atoms with van der Waals surface area (Å²) in [5, 5.41) is 3.63. The van der Waals surface area contributed by atoms with Crippen LogP contribution in [0.5, 0.6) is 11.5 Å². The molecular weight excluding hydrogens is 293 g/mol. The lowest BCUT2D eigenvalue weighted by Crippen LogP contribution is -2.09. The van der Waals surface area contributed by atoms with E-state index >= 15 is 0 Å². The summed E-state index contributed by atoms with van der Waals surface area (Å²) in [7, 11) is 3.40. The predicted octanol–water partition coefficient (Wildman–Crippen LogP) is 3.79. The van der Waals surface area contributed by atoms with Crippen LogP contribution in [0.1, 0.15) is 11.1 Å². The molecule has 0 aliphatic carbocycles. The number of benzene rings is 2. The number of nitrogens with one attached hydrogen (secondary N) is 1. The van der Waals surface area contributed by atoms with Crippen LogP contribution in [0.3, 0.4) is 0 Å². The summed E-state index contributed by atoms with van der Waals surface area (Å²) in [6.07, 6.45) is 0. The lowest BCUT2D eigenvalue weighted by atomic mass is 10.1. The molecular formula is C16H17ClFNO2. The molecule has 2 rings (SSSR count). The zero-order valence-electron chi connectivity index (χ0n) is 12.0. The molecule has 0 saturated heterocycles. The summed E-state index contributed by atoms with van der Waals surface area (Å²) in [6.45, 7) is 0.849. The average molecular weight is 310 g/mol. The van der Waals surface area contributed by atoms with Crippen LogP contribution >= 0.6 is 11.6 Å². The van der Waals surface area contributed by atoms with Gasteiger partial charge in [-0.25, -0.2) is 4.39 Å². The largest absolute Gasteiger partial charge is 0.493 e. The Bertz CT molecular complexity index is 619. The maximum atomic E-state index is 13.2. The third-order valence-corrected chi connectivity index (χ3v) is 3.17. The number of methoxy groups -OCH3 is 1. The lowest BCUT2D eigenvalue weighted by molar-refractivity contribution is 0.280. The first kappa shape index (κ1) is 15.6. The molecule has 1 N–H and O–H groups in total. The Labute approximate surface area is 128 Å². The number of ether oxygens (including phenoxy) is 2. The Kier molecular flexibility index (Phi) is 5.42. The van der Waals surface area contributed by atoms with Crippen LogP contribution in [0.4, 0.5) is 4.39 Å². The minimum absolute atomic E-state index is 0.256.